The van der Waals surface area contributed by atoms with E-state index in [9.17, 15) is 4.79 Å². The van der Waals surface area contributed by atoms with Crippen molar-refractivity contribution in [3.05, 3.63) is 12.7 Å². The van der Waals surface area contributed by atoms with Gasteiger partial charge in [-0.3, -0.25) is 4.79 Å². The van der Waals surface area contributed by atoms with E-state index < -0.39 is 5.54 Å². The van der Waals surface area contributed by atoms with Crippen molar-refractivity contribution < 1.29 is 9.53 Å². The average molecular weight is 183 g/mol. The fraction of sp³-hybridized carbons (Fsp3) is 0.700. The van der Waals surface area contributed by atoms with E-state index in [1.54, 1.807) is 6.08 Å². The zero-order valence-electron chi connectivity index (χ0n) is 8.14. The third-order valence-corrected chi connectivity index (χ3v) is 2.40. The van der Waals surface area contributed by atoms with E-state index in [4.69, 9.17) is 4.74 Å². The van der Waals surface area contributed by atoms with Crippen molar-refractivity contribution in [3.63, 3.8) is 0 Å². The summed E-state index contributed by atoms with van der Waals surface area (Å²) in [6.07, 6.45) is 4.32. The van der Waals surface area contributed by atoms with Gasteiger partial charge in [0, 0.05) is 0 Å². The van der Waals surface area contributed by atoms with Gasteiger partial charge in [-0.1, -0.05) is 6.08 Å². The largest absolute Gasteiger partial charge is 0.465 e. The summed E-state index contributed by atoms with van der Waals surface area (Å²) in [6.45, 7) is 6.83. The molecule has 0 aromatic rings. The summed E-state index contributed by atoms with van der Waals surface area (Å²) >= 11 is 0. The van der Waals surface area contributed by atoms with E-state index in [0.29, 0.717) is 13.0 Å². The zero-order valence-corrected chi connectivity index (χ0v) is 8.14. The Kier molecular flexibility index (Phi) is 3.48. The van der Waals surface area contributed by atoms with Gasteiger partial charge < -0.3 is 10.1 Å². The molecule has 0 spiro atoms. The minimum Gasteiger partial charge on any atom is -0.465 e. The number of rotatable bonds is 4. The number of hydrogen-bond donors (Lipinski definition) is 1. The topological polar surface area (TPSA) is 38.3 Å². The smallest absolute Gasteiger partial charge is 0.326 e. The Morgan fingerprint density at radius 3 is 3.00 bits per heavy atom. The highest BCUT2D eigenvalue weighted by Crippen LogP contribution is 2.24. The summed E-state index contributed by atoms with van der Waals surface area (Å²) in [7, 11) is 0. The first-order valence-electron chi connectivity index (χ1n) is 4.78. The number of ether oxygens (including phenoxy) is 1. The Bertz CT molecular complexity index is 195. The van der Waals surface area contributed by atoms with Gasteiger partial charge in [0.1, 0.15) is 5.54 Å². The first-order valence-corrected chi connectivity index (χ1v) is 4.78. The predicted molar refractivity (Wildman–Crippen MR) is 51.4 cm³/mol. The molecular weight excluding hydrogens is 166 g/mol. The number of hydrogen-bond acceptors (Lipinski definition) is 3. The van der Waals surface area contributed by atoms with Gasteiger partial charge in [0.2, 0.25) is 0 Å². The lowest BCUT2D eigenvalue weighted by molar-refractivity contribution is -0.150. The Morgan fingerprint density at radius 2 is 2.54 bits per heavy atom. The molecule has 13 heavy (non-hydrogen) atoms. The van der Waals surface area contributed by atoms with Crippen LogP contribution in [0.3, 0.4) is 0 Å². The molecule has 0 aromatic heterocycles. The number of esters is 1. The minimum absolute atomic E-state index is 0.132. The second-order valence-electron chi connectivity index (χ2n) is 3.33. The maximum absolute atomic E-state index is 11.6. The molecule has 0 aliphatic carbocycles. The van der Waals surface area contributed by atoms with Crippen LogP contribution in [0, 0.1) is 0 Å². The van der Waals surface area contributed by atoms with Crippen LogP contribution in [-0.2, 0) is 9.53 Å². The lowest BCUT2D eigenvalue weighted by Crippen LogP contribution is -2.48. The quantitative estimate of drug-likeness (QED) is 0.526. The fourth-order valence-electron chi connectivity index (χ4n) is 1.75. The molecule has 1 heterocycles. The average Bonchev–Trinajstić information content (AvgIpc) is 2.55. The Labute approximate surface area is 79.2 Å². The Hall–Kier alpha value is -0.830. The molecule has 74 valence electrons. The SMILES string of the molecule is C=CCC1(C(=O)OCC)CCCN1. The molecule has 0 saturated carbocycles. The van der Waals surface area contributed by atoms with Gasteiger partial charge in [-0.25, -0.2) is 0 Å². The van der Waals surface area contributed by atoms with Crippen LogP contribution in [-0.4, -0.2) is 24.7 Å². The van der Waals surface area contributed by atoms with Crippen molar-refractivity contribution >= 4 is 5.97 Å². The Balaban J connectivity index is 2.65. The molecule has 1 unspecified atom stereocenters. The molecule has 1 rings (SSSR count). The lowest BCUT2D eigenvalue weighted by Gasteiger charge is -2.25. The highest BCUT2D eigenvalue weighted by atomic mass is 16.5. The zero-order chi connectivity index (χ0) is 9.73. The van der Waals surface area contributed by atoms with Gasteiger partial charge in [0.15, 0.2) is 0 Å². The summed E-state index contributed by atoms with van der Waals surface area (Å²) in [4.78, 5) is 11.6. The molecule has 0 aromatic carbocycles. The van der Waals surface area contributed by atoms with Gasteiger partial charge in [0.25, 0.3) is 0 Å². The van der Waals surface area contributed by atoms with Crippen molar-refractivity contribution in [1.29, 1.82) is 0 Å². The molecule has 1 aliphatic heterocycles. The highest BCUT2D eigenvalue weighted by molar-refractivity contribution is 5.81. The van der Waals surface area contributed by atoms with Crippen LogP contribution < -0.4 is 5.32 Å². The summed E-state index contributed by atoms with van der Waals surface area (Å²) in [6, 6.07) is 0. The Morgan fingerprint density at radius 1 is 1.77 bits per heavy atom. The second kappa shape index (κ2) is 4.42. The number of carbonyl (C=O) groups excluding carboxylic acids is 1. The number of nitrogens with one attached hydrogen (secondary N) is 1. The van der Waals surface area contributed by atoms with Crippen molar-refractivity contribution in [2.75, 3.05) is 13.2 Å². The third-order valence-electron chi connectivity index (χ3n) is 2.40. The highest BCUT2D eigenvalue weighted by Gasteiger charge is 2.40. The molecule has 1 saturated heterocycles. The summed E-state index contributed by atoms with van der Waals surface area (Å²) in [5, 5.41) is 3.21. The number of carbonyl (C=O) groups is 1. The second-order valence-corrected chi connectivity index (χ2v) is 3.33. The molecule has 1 fully saturated rings. The summed E-state index contributed by atoms with van der Waals surface area (Å²) < 4.78 is 5.03. The molecule has 1 aliphatic rings. The van der Waals surface area contributed by atoms with Gasteiger partial charge in [-0.2, -0.15) is 0 Å². The first-order chi connectivity index (χ1) is 6.25. The lowest BCUT2D eigenvalue weighted by atomic mass is 9.93. The molecule has 3 heteroatoms. The monoisotopic (exact) mass is 183 g/mol. The van der Waals surface area contributed by atoms with Crippen LogP contribution in [0.15, 0.2) is 12.7 Å². The standard InChI is InChI=1S/C10H17NO2/c1-3-6-10(7-5-8-11-10)9(12)13-4-2/h3,11H,1,4-8H2,2H3. The van der Waals surface area contributed by atoms with Crippen molar-refractivity contribution in [3.8, 4) is 0 Å². The van der Waals surface area contributed by atoms with E-state index in [2.05, 4.69) is 11.9 Å². The van der Waals surface area contributed by atoms with Crippen LogP contribution in [0.1, 0.15) is 26.2 Å². The van der Waals surface area contributed by atoms with Gasteiger partial charge in [-0.05, 0) is 32.7 Å². The first kappa shape index (κ1) is 10.3. The molecule has 3 nitrogen and oxygen atoms in total. The van der Waals surface area contributed by atoms with Gasteiger partial charge in [-0.15, -0.1) is 6.58 Å². The van der Waals surface area contributed by atoms with Crippen LogP contribution >= 0.6 is 0 Å². The van der Waals surface area contributed by atoms with Crippen molar-refractivity contribution in [2.24, 2.45) is 0 Å². The van der Waals surface area contributed by atoms with Crippen LogP contribution in [0.2, 0.25) is 0 Å². The van der Waals surface area contributed by atoms with Gasteiger partial charge >= 0.3 is 5.97 Å². The fourth-order valence-corrected chi connectivity index (χ4v) is 1.75. The minimum atomic E-state index is -0.474. The summed E-state index contributed by atoms with van der Waals surface area (Å²) in [5.74, 6) is -0.132. The summed E-state index contributed by atoms with van der Waals surface area (Å²) in [5.41, 5.74) is -0.474. The molecule has 0 bridgehead atoms. The normalized spacial score (nSPS) is 27.2. The molecule has 1 atom stereocenters. The van der Waals surface area contributed by atoms with E-state index >= 15 is 0 Å². The molecule has 0 amide bonds. The van der Waals surface area contributed by atoms with E-state index in [-0.39, 0.29) is 5.97 Å². The van der Waals surface area contributed by atoms with E-state index in [1.165, 1.54) is 0 Å². The molecular formula is C10H17NO2. The van der Waals surface area contributed by atoms with Crippen LogP contribution in [0.4, 0.5) is 0 Å². The van der Waals surface area contributed by atoms with Gasteiger partial charge in [0.05, 0.1) is 6.61 Å². The molecule has 0 radical (unpaired) electrons. The van der Waals surface area contributed by atoms with Crippen LogP contribution in [0.25, 0.3) is 0 Å². The van der Waals surface area contributed by atoms with Crippen LogP contribution in [0.5, 0.6) is 0 Å². The van der Waals surface area contributed by atoms with Crippen molar-refractivity contribution in [2.45, 2.75) is 31.7 Å². The van der Waals surface area contributed by atoms with Crippen molar-refractivity contribution in [1.82, 2.24) is 5.32 Å². The maximum Gasteiger partial charge on any atom is 0.326 e. The van der Waals surface area contributed by atoms with E-state index in [0.717, 1.165) is 19.4 Å². The predicted octanol–water partition coefficient (Wildman–Crippen LogP) is 1.25. The van der Waals surface area contributed by atoms with E-state index in [1.807, 2.05) is 6.92 Å². The third kappa shape index (κ3) is 2.10. The maximum atomic E-state index is 11.6. The molecule has 1 N–H and O–H groups in total.